The highest BCUT2D eigenvalue weighted by molar-refractivity contribution is 5.85. The lowest BCUT2D eigenvalue weighted by atomic mass is 10.2. The van der Waals surface area contributed by atoms with E-state index in [0.717, 1.165) is 12.0 Å². The monoisotopic (exact) mass is 372 g/mol. The van der Waals surface area contributed by atoms with Crippen molar-refractivity contribution in [1.82, 2.24) is 20.6 Å². The van der Waals surface area contributed by atoms with E-state index in [2.05, 4.69) is 27.5 Å². The van der Waals surface area contributed by atoms with E-state index in [0.29, 0.717) is 31.0 Å². The first-order valence-electron chi connectivity index (χ1n) is 8.73. The number of carboxylic acid groups (broad SMARTS) is 2. The third-order valence-corrected chi connectivity index (χ3v) is 4.03. The van der Waals surface area contributed by atoms with Crippen molar-refractivity contribution >= 4 is 11.9 Å². The third kappa shape index (κ3) is 6.43. The molecule has 0 aliphatic heterocycles. The van der Waals surface area contributed by atoms with Crippen LogP contribution in [0.4, 0.5) is 0 Å². The molecule has 144 valence electrons. The molecule has 1 atom stereocenters. The van der Waals surface area contributed by atoms with Crippen LogP contribution in [-0.4, -0.2) is 44.7 Å². The number of nitrogens with zero attached hydrogens (tertiary/aromatic N) is 2. The Morgan fingerprint density at radius 1 is 1.04 bits per heavy atom. The van der Waals surface area contributed by atoms with Crippen LogP contribution in [0.1, 0.15) is 51.3 Å². The topological polar surface area (TPSA) is 124 Å². The van der Waals surface area contributed by atoms with Gasteiger partial charge in [-0.3, -0.25) is 0 Å². The summed E-state index contributed by atoms with van der Waals surface area (Å²) in [5, 5.41) is 24.7. The fourth-order valence-electron chi connectivity index (χ4n) is 2.62. The molecule has 0 spiro atoms. The number of aryl methyl sites for hydroxylation is 1. The summed E-state index contributed by atoms with van der Waals surface area (Å²) in [7, 11) is 0. The van der Waals surface area contributed by atoms with Crippen LogP contribution < -0.4 is 10.6 Å². The Hall–Kier alpha value is -2.84. The molecule has 0 aliphatic rings. The molecule has 1 unspecified atom stereocenters. The van der Waals surface area contributed by atoms with Crippen molar-refractivity contribution in [1.29, 1.82) is 0 Å². The molecule has 0 amide bonds. The quantitative estimate of drug-likeness (QED) is 0.498. The van der Waals surface area contributed by atoms with E-state index in [4.69, 9.17) is 10.2 Å². The van der Waals surface area contributed by atoms with Crippen LogP contribution in [0.5, 0.6) is 0 Å². The van der Waals surface area contributed by atoms with E-state index in [1.165, 1.54) is 6.07 Å². The van der Waals surface area contributed by atoms with Crippen LogP contribution in [0.15, 0.2) is 30.3 Å². The Bertz CT molecular complexity index is 810. The van der Waals surface area contributed by atoms with Crippen molar-refractivity contribution in [3.8, 4) is 0 Å². The molecule has 4 N–H and O–H groups in total. The highest BCUT2D eigenvalue weighted by atomic mass is 16.4. The van der Waals surface area contributed by atoms with E-state index >= 15 is 0 Å². The van der Waals surface area contributed by atoms with E-state index in [-0.39, 0.29) is 17.4 Å². The molecule has 8 nitrogen and oxygen atoms in total. The Morgan fingerprint density at radius 2 is 1.74 bits per heavy atom. The van der Waals surface area contributed by atoms with Crippen molar-refractivity contribution in [3.05, 3.63) is 58.7 Å². The van der Waals surface area contributed by atoms with Gasteiger partial charge in [0.2, 0.25) is 0 Å². The van der Waals surface area contributed by atoms with Gasteiger partial charge in [-0.1, -0.05) is 13.0 Å². The molecule has 27 heavy (non-hydrogen) atoms. The predicted octanol–water partition coefficient (Wildman–Crippen LogP) is 1.84. The van der Waals surface area contributed by atoms with Gasteiger partial charge in [0.05, 0.1) is 11.4 Å². The molecule has 2 rings (SSSR count). The number of hydrogen-bond acceptors (Lipinski definition) is 6. The molecule has 2 aromatic rings. The molecule has 2 aromatic heterocycles. The predicted molar refractivity (Wildman–Crippen MR) is 99.8 cm³/mol. The van der Waals surface area contributed by atoms with E-state index in [1.807, 2.05) is 13.0 Å². The first-order chi connectivity index (χ1) is 12.9. The zero-order chi connectivity index (χ0) is 19.8. The molecule has 8 heteroatoms. The lowest BCUT2D eigenvalue weighted by Crippen LogP contribution is -2.38. The average molecular weight is 372 g/mol. The second kappa shape index (κ2) is 9.75. The molecular weight excluding hydrogens is 348 g/mol. The SMILES string of the molecule is CCC(CNCc1cccc(C(=O)O)n1)NCc1cc(C)cc(C(=O)O)n1. The zero-order valence-corrected chi connectivity index (χ0v) is 15.4. The lowest BCUT2D eigenvalue weighted by molar-refractivity contribution is 0.0679. The van der Waals surface area contributed by atoms with Gasteiger partial charge in [-0.15, -0.1) is 0 Å². The first-order valence-corrected chi connectivity index (χ1v) is 8.73. The molecule has 0 bridgehead atoms. The smallest absolute Gasteiger partial charge is 0.354 e. The van der Waals surface area contributed by atoms with Crippen LogP contribution >= 0.6 is 0 Å². The number of aromatic carboxylic acids is 2. The summed E-state index contributed by atoms with van der Waals surface area (Å²) in [6, 6.07) is 8.47. The number of aromatic nitrogens is 2. The maximum atomic E-state index is 11.1. The Labute approximate surface area is 157 Å². The van der Waals surface area contributed by atoms with Crippen LogP contribution in [0.2, 0.25) is 0 Å². The lowest BCUT2D eigenvalue weighted by Gasteiger charge is -2.18. The highest BCUT2D eigenvalue weighted by Gasteiger charge is 2.10. The van der Waals surface area contributed by atoms with Crippen molar-refractivity contribution < 1.29 is 19.8 Å². The number of hydrogen-bond donors (Lipinski definition) is 4. The summed E-state index contributed by atoms with van der Waals surface area (Å²) >= 11 is 0. The molecule has 0 fully saturated rings. The molecule has 0 saturated heterocycles. The highest BCUT2D eigenvalue weighted by Crippen LogP contribution is 2.06. The van der Waals surface area contributed by atoms with Gasteiger partial charge in [0.15, 0.2) is 0 Å². The second-order valence-corrected chi connectivity index (χ2v) is 6.26. The summed E-state index contributed by atoms with van der Waals surface area (Å²) < 4.78 is 0. The summed E-state index contributed by atoms with van der Waals surface area (Å²) in [5.74, 6) is -2.08. The maximum absolute atomic E-state index is 11.1. The van der Waals surface area contributed by atoms with Crippen molar-refractivity contribution in [2.75, 3.05) is 6.54 Å². The van der Waals surface area contributed by atoms with E-state index < -0.39 is 11.9 Å². The van der Waals surface area contributed by atoms with E-state index in [1.54, 1.807) is 18.2 Å². The van der Waals surface area contributed by atoms with Gasteiger partial charge in [0, 0.05) is 25.7 Å². The van der Waals surface area contributed by atoms with Gasteiger partial charge in [0.25, 0.3) is 0 Å². The molecule has 2 heterocycles. The van der Waals surface area contributed by atoms with Gasteiger partial charge < -0.3 is 20.8 Å². The second-order valence-electron chi connectivity index (χ2n) is 6.26. The molecule has 0 aromatic carbocycles. The third-order valence-electron chi connectivity index (χ3n) is 4.03. The van der Waals surface area contributed by atoms with Crippen LogP contribution in [0.25, 0.3) is 0 Å². The van der Waals surface area contributed by atoms with Gasteiger partial charge in [-0.05, 0) is 43.2 Å². The molecule has 0 saturated carbocycles. The van der Waals surface area contributed by atoms with Gasteiger partial charge >= 0.3 is 11.9 Å². The number of carboxylic acids is 2. The van der Waals surface area contributed by atoms with Crippen molar-refractivity contribution in [3.63, 3.8) is 0 Å². The summed E-state index contributed by atoms with van der Waals surface area (Å²) in [5.41, 5.74) is 2.27. The molecule has 0 radical (unpaired) electrons. The Morgan fingerprint density at radius 3 is 2.41 bits per heavy atom. The summed E-state index contributed by atoms with van der Waals surface area (Å²) in [6.45, 7) is 5.48. The van der Waals surface area contributed by atoms with Crippen molar-refractivity contribution in [2.24, 2.45) is 0 Å². The largest absolute Gasteiger partial charge is 0.477 e. The van der Waals surface area contributed by atoms with Crippen molar-refractivity contribution in [2.45, 2.75) is 39.4 Å². The minimum absolute atomic E-state index is 0.0271. The minimum atomic E-state index is -1.05. The minimum Gasteiger partial charge on any atom is -0.477 e. The zero-order valence-electron chi connectivity index (χ0n) is 15.4. The fourth-order valence-corrected chi connectivity index (χ4v) is 2.62. The summed E-state index contributed by atoms with van der Waals surface area (Å²) in [4.78, 5) is 30.3. The number of pyridine rings is 2. The standard InChI is InChI=1S/C19H24N4O4/c1-3-13(9-20-10-14-5-4-6-16(22-14)18(24)25)21-11-15-7-12(2)8-17(23-15)19(26)27/h4-8,13,20-21H,3,9-11H2,1-2H3,(H,24,25)(H,26,27). The summed E-state index contributed by atoms with van der Waals surface area (Å²) in [6.07, 6.45) is 0.868. The van der Waals surface area contributed by atoms with Crippen LogP contribution in [0, 0.1) is 6.92 Å². The molecule has 0 aliphatic carbocycles. The first kappa shape index (κ1) is 20.5. The van der Waals surface area contributed by atoms with E-state index in [9.17, 15) is 9.59 Å². The van der Waals surface area contributed by atoms with Gasteiger partial charge in [0.1, 0.15) is 11.4 Å². The Kier molecular flexibility index (Phi) is 7.39. The number of carbonyl (C=O) groups is 2. The average Bonchev–Trinajstić information content (AvgIpc) is 2.64. The maximum Gasteiger partial charge on any atom is 0.354 e. The fraction of sp³-hybridized carbons (Fsp3) is 0.368. The van der Waals surface area contributed by atoms with Crippen LogP contribution in [-0.2, 0) is 13.1 Å². The number of rotatable bonds is 10. The van der Waals surface area contributed by atoms with Gasteiger partial charge in [-0.2, -0.15) is 0 Å². The normalized spacial score (nSPS) is 11.9. The Balaban J connectivity index is 1.86. The van der Waals surface area contributed by atoms with Crippen LogP contribution in [0.3, 0.4) is 0 Å². The molecular formula is C19H24N4O4. The van der Waals surface area contributed by atoms with Gasteiger partial charge in [-0.25, -0.2) is 19.6 Å². The number of nitrogens with one attached hydrogen (secondary N) is 2.